The van der Waals surface area contributed by atoms with Crippen LogP contribution in [-0.4, -0.2) is 24.5 Å². The standard InChI is InChI=1S/C17H15Cl3N2O3/c1-10(25-15-7-4-12(19)8-14(15)20)17(24)21-9-16(23)22-13-5-2-11(18)3-6-13/h2-8,10H,9H2,1H3,(H,21,24)(H,22,23). The Hall–Kier alpha value is -1.95. The fourth-order valence-electron chi connectivity index (χ4n) is 1.86. The first kappa shape index (κ1) is 19.4. The molecule has 0 heterocycles. The average Bonchev–Trinajstić information content (AvgIpc) is 2.57. The van der Waals surface area contributed by atoms with Crippen LogP contribution >= 0.6 is 34.8 Å². The first-order chi connectivity index (χ1) is 11.8. The van der Waals surface area contributed by atoms with E-state index in [9.17, 15) is 9.59 Å². The fourth-order valence-corrected chi connectivity index (χ4v) is 2.44. The quantitative estimate of drug-likeness (QED) is 0.763. The van der Waals surface area contributed by atoms with Crippen molar-refractivity contribution in [2.45, 2.75) is 13.0 Å². The molecule has 2 aromatic rings. The summed E-state index contributed by atoms with van der Waals surface area (Å²) in [7, 11) is 0. The Kier molecular flexibility index (Phi) is 6.93. The minimum absolute atomic E-state index is 0.191. The van der Waals surface area contributed by atoms with Gasteiger partial charge in [-0.3, -0.25) is 9.59 Å². The minimum atomic E-state index is -0.831. The molecule has 2 rings (SSSR count). The predicted octanol–water partition coefficient (Wildman–Crippen LogP) is 4.17. The Balaban J connectivity index is 1.82. The van der Waals surface area contributed by atoms with E-state index in [1.165, 1.54) is 6.07 Å². The van der Waals surface area contributed by atoms with Crippen molar-refractivity contribution in [2.75, 3.05) is 11.9 Å². The van der Waals surface area contributed by atoms with Crippen molar-refractivity contribution in [3.05, 3.63) is 57.5 Å². The maximum absolute atomic E-state index is 12.0. The first-order valence-corrected chi connectivity index (χ1v) is 8.43. The van der Waals surface area contributed by atoms with Gasteiger partial charge in [-0.15, -0.1) is 0 Å². The smallest absolute Gasteiger partial charge is 0.261 e. The highest BCUT2D eigenvalue weighted by atomic mass is 35.5. The molecule has 0 saturated heterocycles. The van der Waals surface area contributed by atoms with Crippen LogP contribution in [0.25, 0.3) is 0 Å². The molecule has 0 saturated carbocycles. The van der Waals surface area contributed by atoms with Crippen molar-refractivity contribution in [3.63, 3.8) is 0 Å². The van der Waals surface area contributed by atoms with Crippen LogP contribution in [0.15, 0.2) is 42.5 Å². The monoisotopic (exact) mass is 400 g/mol. The summed E-state index contributed by atoms with van der Waals surface area (Å²) >= 11 is 17.6. The summed E-state index contributed by atoms with van der Waals surface area (Å²) in [4.78, 5) is 23.9. The molecular formula is C17H15Cl3N2O3. The summed E-state index contributed by atoms with van der Waals surface area (Å²) in [6.45, 7) is 1.36. The van der Waals surface area contributed by atoms with Crippen LogP contribution in [0.4, 0.5) is 5.69 Å². The van der Waals surface area contributed by atoms with Gasteiger partial charge in [-0.2, -0.15) is 0 Å². The highest BCUT2D eigenvalue weighted by Crippen LogP contribution is 2.28. The molecule has 0 aliphatic carbocycles. The number of ether oxygens (including phenoxy) is 1. The predicted molar refractivity (Wildman–Crippen MR) is 99.6 cm³/mol. The number of carbonyl (C=O) groups is 2. The SMILES string of the molecule is CC(Oc1ccc(Cl)cc1Cl)C(=O)NCC(=O)Nc1ccc(Cl)cc1. The van der Waals surface area contributed by atoms with Crippen molar-refractivity contribution < 1.29 is 14.3 Å². The van der Waals surface area contributed by atoms with Gasteiger partial charge in [0.05, 0.1) is 11.6 Å². The van der Waals surface area contributed by atoms with E-state index in [1.54, 1.807) is 43.3 Å². The highest BCUT2D eigenvalue weighted by Gasteiger charge is 2.17. The summed E-state index contributed by atoms with van der Waals surface area (Å²) in [6, 6.07) is 11.3. The summed E-state index contributed by atoms with van der Waals surface area (Å²) < 4.78 is 5.48. The van der Waals surface area contributed by atoms with Gasteiger partial charge in [0.2, 0.25) is 5.91 Å². The summed E-state index contributed by atoms with van der Waals surface area (Å²) in [5, 5.41) is 6.47. The molecule has 2 N–H and O–H groups in total. The second kappa shape index (κ2) is 8.94. The van der Waals surface area contributed by atoms with E-state index in [-0.39, 0.29) is 12.5 Å². The van der Waals surface area contributed by atoms with Gasteiger partial charge in [-0.1, -0.05) is 34.8 Å². The zero-order chi connectivity index (χ0) is 18.4. The molecule has 5 nitrogen and oxygen atoms in total. The lowest BCUT2D eigenvalue weighted by Gasteiger charge is -2.15. The third-order valence-electron chi connectivity index (χ3n) is 3.12. The molecule has 1 atom stereocenters. The molecule has 0 aromatic heterocycles. The lowest BCUT2D eigenvalue weighted by Crippen LogP contribution is -2.40. The van der Waals surface area contributed by atoms with E-state index in [2.05, 4.69) is 10.6 Å². The summed E-state index contributed by atoms with van der Waals surface area (Å²) in [6.07, 6.45) is -0.831. The Morgan fingerprint density at radius 1 is 1.04 bits per heavy atom. The average molecular weight is 402 g/mol. The van der Waals surface area contributed by atoms with Gasteiger partial charge < -0.3 is 15.4 Å². The van der Waals surface area contributed by atoms with Gasteiger partial charge in [0.25, 0.3) is 5.91 Å². The second-order valence-electron chi connectivity index (χ2n) is 5.11. The van der Waals surface area contributed by atoms with E-state index >= 15 is 0 Å². The molecule has 2 aromatic carbocycles. The number of hydrogen-bond acceptors (Lipinski definition) is 3. The third-order valence-corrected chi connectivity index (χ3v) is 3.90. The fraction of sp³-hybridized carbons (Fsp3) is 0.176. The van der Waals surface area contributed by atoms with Crippen molar-refractivity contribution in [1.29, 1.82) is 0 Å². The van der Waals surface area contributed by atoms with Crippen molar-refractivity contribution in [1.82, 2.24) is 5.32 Å². The Labute approximate surface area is 160 Å². The van der Waals surface area contributed by atoms with Gasteiger partial charge in [-0.05, 0) is 49.4 Å². The first-order valence-electron chi connectivity index (χ1n) is 7.30. The number of amides is 2. The third kappa shape index (κ3) is 6.12. The molecule has 0 aliphatic heterocycles. The lowest BCUT2D eigenvalue weighted by atomic mass is 10.3. The highest BCUT2D eigenvalue weighted by molar-refractivity contribution is 6.35. The van der Waals surface area contributed by atoms with Gasteiger partial charge in [-0.25, -0.2) is 0 Å². The number of benzene rings is 2. The largest absolute Gasteiger partial charge is 0.479 e. The maximum atomic E-state index is 12.0. The van der Waals surface area contributed by atoms with Crippen LogP contribution in [0.5, 0.6) is 5.75 Å². The normalized spacial score (nSPS) is 11.5. The number of halogens is 3. The Morgan fingerprint density at radius 2 is 1.68 bits per heavy atom. The molecule has 2 amide bonds. The van der Waals surface area contributed by atoms with Gasteiger partial charge in [0, 0.05) is 15.7 Å². The van der Waals surface area contributed by atoms with Crippen LogP contribution in [0.1, 0.15) is 6.92 Å². The van der Waals surface area contributed by atoms with Crippen LogP contribution in [0.2, 0.25) is 15.1 Å². The molecule has 0 fully saturated rings. The Bertz CT molecular complexity index is 766. The molecule has 132 valence electrons. The van der Waals surface area contributed by atoms with Gasteiger partial charge in [0.1, 0.15) is 5.75 Å². The van der Waals surface area contributed by atoms with Crippen molar-refractivity contribution in [3.8, 4) is 5.75 Å². The number of anilines is 1. The van der Waals surface area contributed by atoms with Crippen LogP contribution in [-0.2, 0) is 9.59 Å². The van der Waals surface area contributed by atoms with Crippen LogP contribution < -0.4 is 15.4 Å². The lowest BCUT2D eigenvalue weighted by molar-refractivity contribution is -0.129. The number of rotatable bonds is 6. The summed E-state index contributed by atoms with van der Waals surface area (Å²) in [5.74, 6) is -0.482. The molecule has 0 radical (unpaired) electrons. The zero-order valence-corrected chi connectivity index (χ0v) is 15.5. The molecule has 0 aliphatic rings. The molecule has 25 heavy (non-hydrogen) atoms. The molecule has 8 heteroatoms. The molecule has 0 bridgehead atoms. The molecule has 0 spiro atoms. The maximum Gasteiger partial charge on any atom is 0.261 e. The van der Waals surface area contributed by atoms with Crippen molar-refractivity contribution in [2.24, 2.45) is 0 Å². The Morgan fingerprint density at radius 3 is 2.32 bits per heavy atom. The number of nitrogens with one attached hydrogen (secondary N) is 2. The number of carbonyl (C=O) groups excluding carboxylic acids is 2. The topological polar surface area (TPSA) is 67.4 Å². The van der Waals surface area contributed by atoms with E-state index in [1.807, 2.05) is 0 Å². The van der Waals surface area contributed by atoms with E-state index in [4.69, 9.17) is 39.5 Å². The molecule has 1 unspecified atom stereocenters. The number of hydrogen-bond donors (Lipinski definition) is 2. The van der Waals surface area contributed by atoms with E-state index in [0.29, 0.717) is 26.5 Å². The molecular weight excluding hydrogens is 387 g/mol. The minimum Gasteiger partial charge on any atom is -0.479 e. The van der Waals surface area contributed by atoms with E-state index in [0.717, 1.165) is 0 Å². The second-order valence-corrected chi connectivity index (χ2v) is 6.39. The van der Waals surface area contributed by atoms with Gasteiger partial charge >= 0.3 is 0 Å². The summed E-state index contributed by atoms with van der Waals surface area (Å²) in [5.41, 5.74) is 0.584. The zero-order valence-electron chi connectivity index (χ0n) is 13.2. The van der Waals surface area contributed by atoms with Crippen LogP contribution in [0, 0.1) is 0 Å². The van der Waals surface area contributed by atoms with Crippen LogP contribution in [0.3, 0.4) is 0 Å². The van der Waals surface area contributed by atoms with Crippen molar-refractivity contribution >= 4 is 52.3 Å². The van der Waals surface area contributed by atoms with E-state index < -0.39 is 12.0 Å². The van der Waals surface area contributed by atoms with Gasteiger partial charge in [0.15, 0.2) is 6.10 Å².